The van der Waals surface area contributed by atoms with E-state index in [2.05, 4.69) is 21.2 Å². The minimum atomic E-state index is -0.557. The van der Waals surface area contributed by atoms with Gasteiger partial charge in [-0.15, -0.1) is 0 Å². The van der Waals surface area contributed by atoms with Crippen molar-refractivity contribution in [2.45, 2.75) is 6.04 Å². The number of methoxy groups -OCH3 is 1. The fraction of sp³-hybridized carbons (Fsp3) is 0.364. The molecule has 0 saturated carbocycles. The number of benzene rings is 1. The van der Waals surface area contributed by atoms with Crippen LogP contribution in [-0.2, 0) is 4.74 Å². The second kappa shape index (κ2) is 6.55. The fourth-order valence-electron chi connectivity index (χ4n) is 1.31. The van der Waals surface area contributed by atoms with Crippen molar-refractivity contribution in [1.29, 1.82) is 5.26 Å². The summed E-state index contributed by atoms with van der Waals surface area (Å²) >= 11 is 3.01. The topological polar surface area (TPSA) is 65.3 Å². The number of aliphatic hydroxyl groups is 1. The molecule has 0 fully saturated rings. The van der Waals surface area contributed by atoms with Gasteiger partial charge in [0, 0.05) is 7.11 Å². The predicted molar refractivity (Wildman–Crippen MR) is 65.2 cm³/mol. The molecule has 1 aromatic rings. The van der Waals surface area contributed by atoms with Gasteiger partial charge in [0.1, 0.15) is 6.07 Å². The van der Waals surface area contributed by atoms with Crippen LogP contribution >= 0.6 is 15.9 Å². The van der Waals surface area contributed by atoms with Crippen LogP contribution in [0.2, 0.25) is 0 Å². The van der Waals surface area contributed by atoms with Crippen molar-refractivity contribution < 1.29 is 14.2 Å². The average Bonchev–Trinajstić information content (AvgIpc) is 2.34. The Balaban J connectivity index is 2.93. The van der Waals surface area contributed by atoms with Gasteiger partial charge in [-0.05, 0) is 28.1 Å². The van der Waals surface area contributed by atoms with Crippen molar-refractivity contribution in [3.8, 4) is 6.07 Å². The lowest BCUT2D eigenvalue weighted by atomic mass is 10.2. The van der Waals surface area contributed by atoms with E-state index in [1.807, 2.05) is 6.07 Å². The second-order valence-electron chi connectivity index (χ2n) is 3.38. The van der Waals surface area contributed by atoms with E-state index in [0.29, 0.717) is 0 Å². The predicted octanol–water partition coefficient (Wildman–Crippen LogP) is 1.88. The quantitative estimate of drug-likeness (QED) is 0.871. The number of anilines is 1. The minimum absolute atomic E-state index is 0.110. The summed E-state index contributed by atoms with van der Waals surface area (Å²) in [5.74, 6) is -0.557. The Kier molecular flexibility index (Phi) is 5.35. The number of aliphatic hydroxyl groups excluding tert-OH is 1. The molecule has 0 radical (unpaired) electrons. The molecule has 1 aromatic carbocycles. The number of hydrogen-bond donors (Lipinski definition) is 2. The molecule has 6 heteroatoms. The van der Waals surface area contributed by atoms with E-state index in [0.717, 1.165) is 0 Å². The van der Waals surface area contributed by atoms with Crippen LogP contribution in [0, 0.1) is 17.1 Å². The number of nitriles is 1. The lowest BCUT2D eigenvalue weighted by Crippen LogP contribution is -2.29. The first-order valence-corrected chi connectivity index (χ1v) is 5.67. The highest BCUT2D eigenvalue weighted by molar-refractivity contribution is 9.10. The third-order valence-electron chi connectivity index (χ3n) is 2.15. The Morgan fingerprint density at radius 2 is 2.35 bits per heavy atom. The van der Waals surface area contributed by atoms with Crippen molar-refractivity contribution in [2.75, 3.05) is 25.6 Å². The van der Waals surface area contributed by atoms with Crippen molar-refractivity contribution in [3.63, 3.8) is 0 Å². The monoisotopic (exact) mass is 302 g/mol. The largest absolute Gasteiger partial charge is 0.394 e. The van der Waals surface area contributed by atoms with Gasteiger partial charge in [-0.2, -0.15) is 5.26 Å². The van der Waals surface area contributed by atoms with E-state index in [-0.39, 0.29) is 28.9 Å². The molecule has 1 unspecified atom stereocenters. The van der Waals surface area contributed by atoms with Crippen LogP contribution in [0.3, 0.4) is 0 Å². The molecule has 0 amide bonds. The molecular weight excluding hydrogens is 291 g/mol. The molecule has 0 heterocycles. The third-order valence-corrected chi connectivity index (χ3v) is 2.93. The van der Waals surface area contributed by atoms with Gasteiger partial charge in [-0.3, -0.25) is 0 Å². The van der Waals surface area contributed by atoms with E-state index in [4.69, 9.17) is 15.1 Å². The molecule has 2 N–H and O–H groups in total. The Hall–Kier alpha value is -1.16. The first kappa shape index (κ1) is 13.9. The number of ether oxygens (including phenoxy) is 1. The van der Waals surface area contributed by atoms with E-state index in [1.54, 1.807) is 0 Å². The minimum Gasteiger partial charge on any atom is -0.394 e. The lowest BCUT2D eigenvalue weighted by Gasteiger charge is -2.17. The number of nitrogens with one attached hydrogen (secondary N) is 1. The zero-order valence-electron chi connectivity index (χ0n) is 9.20. The van der Waals surface area contributed by atoms with E-state index in [9.17, 15) is 4.39 Å². The Morgan fingerprint density at radius 3 is 2.88 bits per heavy atom. The summed E-state index contributed by atoms with van der Waals surface area (Å²) in [6, 6.07) is 4.42. The lowest BCUT2D eigenvalue weighted by molar-refractivity contribution is 0.153. The number of hydrogen-bond acceptors (Lipinski definition) is 4. The van der Waals surface area contributed by atoms with Gasteiger partial charge >= 0.3 is 0 Å². The van der Waals surface area contributed by atoms with Gasteiger partial charge in [-0.1, -0.05) is 0 Å². The van der Waals surface area contributed by atoms with Crippen molar-refractivity contribution in [3.05, 3.63) is 28.0 Å². The highest BCUT2D eigenvalue weighted by Gasteiger charge is 2.14. The van der Waals surface area contributed by atoms with Crippen LogP contribution in [0.5, 0.6) is 0 Å². The maximum atomic E-state index is 13.8. The highest BCUT2D eigenvalue weighted by Crippen LogP contribution is 2.26. The van der Waals surface area contributed by atoms with Gasteiger partial charge in [0.15, 0.2) is 5.82 Å². The highest BCUT2D eigenvalue weighted by atomic mass is 79.9. The Labute approximate surface area is 107 Å². The Bertz CT molecular complexity index is 434. The maximum absolute atomic E-state index is 13.8. The fourth-order valence-corrected chi connectivity index (χ4v) is 1.74. The van der Waals surface area contributed by atoms with E-state index < -0.39 is 11.9 Å². The van der Waals surface area contributed by atoms with Crippen LogP contribution in [-0.4, -0.2) is 31.5 Å². The maximum Gasteiger partial charge on any atom is 0.161 e. The van der Waals surface area contributed by atoms with Crippen LogP contribution in [0.15, 0.2) is 16.6 Å². The molecule has 0 aliphatic carbocycles. The smallest absolute Gasteiger partial charge is 0.161 e. The molecule has 17 heavy (non-hydrogen) atoms. The third kappa shape index (κ3) is 3.40. The van der Waals surface area contributed by atoms with E-state index in [1.165, 1.54) is 19.2 Å². The average molecular weight is 303 g/mol. The molecule has 1 rings (SSSR count). The molecule has 0 spiro atoms. The zero-order valence-corrected chi connectivity index (χ0v) is 10.8. The van der Waals surface area contributed by atoms with E-state index >= 15 is 0 Å². The first-order chi connectivity index (χ1) is 8.13. The molecular formula is C11H12BrFN2O2. The Morgan fingerprint density at radius 1 is 1.65 bits per heavy atom. The summed E-state index contributed by atoms with van der Waals surface area (Å²) in [6.07, 6.45) is 0. The molecule has 0 saturated heterocycles. The summed E-state index contributed by atoms with van der Waals surface area (Å²) in [5, 5.41) is 20.6. The summed E-state index contributed by atoms with van der Waals surface area (Å²) in [7, 11) is 1.50. The van der Waals surface area contributed by atoms with Crippen molar-refractivity contribution in [1.82, 2.24) is 0 Å². The SMILES string of the molecule is COCC(CO)Nc1ccc(C#N)c(Br)c1F. The molecule has 0 aliphatic heterocycles. The summed E-state index contributed by atoms with van der Waals surface area (Å²) in [6.45, 7) is 0.0818. The van der Waals surface area contributed by atoms with Gasteiger partial charge in [-0.25, -0.2) is 4.39 Å². The molecule has 1 atom stereocenters. The molecule has 4 nitrogen and oxygen atoms in total. The van der Waals surface area contributed by atoms with Crippen LogP contribution in [0.1, 0.15) is 5.56 Å². The van der Waals surface area contributed by atoms with Gasteiger partial charge < -0.3 is 15.2 Å². The van der Waals surface area contributed by atoms with Crippen molar-refractivity contribution >= 4 is 21.6 Å². The molecule has 0 bridgehead atoms. The summed E-state index contributed by atoms with van der Waals surface area (Å²) in [5.41, 5.74) is 0.437. The second-order valence-corrected chi connectivity index (χ2v) is 4.17. The van der Waals surface area contributed by atoms with Gasteiger partial charge in [0.25, 0.3) is 0 Å². The van der Waals surface area contributed by atoms with Crippen LogP contribution in [0.25, 0.3) is 0 Å². The normalized spacial score (nSPS) is 11.9. The number of rotatable bonds is 5. The van der Waals surface area contributed by atoms with Crippen LogP contribution < -0.4 is 5.32 Å². The summed E-state index contributed by atoms with van der Waals surface area (Å²) < 4.78 is 18.8. The van der Waals surface area contributed by atoms with Crippen molar-refractivity contribution in [2.24, 2.45) is 0 Å². The van der Waals surface area contributed by atoms with Crippen LogP contribution in [0.4, 0.5) is 10.1 Å². The zero-order chi connectivity index (χ0) is 12.8. The number of halogens is 2. The molecule has 0 aromatic heterocycles. The summed E-state index contributed by atoms with van der Waals surface area (Å²) in [4.78, 5) is 0. The first-order valence-electron chi connectivity index (χ1n) is 4.88. The molecule has 0 aliphatic rings. The van der Waals surface area contributed by atoms with Gasteiger partial charge in [0.2, 0.25) is 0 Å². The van der Waals surface area contributed by atoms with Gasteiger partial charge in [0.05, 0.1) is 35.0 Å². The standard InChI is InChI=1S/C11H12BrFN2O2/c1-17-6-8(5-16)15-9-3-2-7(4-14)10(12)11(9)13/h2-3,8,15-16H,5-6H2,1H3. The number of nitrogens with zero attached hydrogens (tertiary/aromatic N) is 1. The molecule has 92 valence electrons.